The average molecular weight is 2090 g/mol. The van der Waals surface area contributed by atoms with Crippen LogP contribution < -0.4 is 5.73 Å². The summed E-state index contributed by atoms with van der Waals surface area (Å²) >= 11 is 1.93. The summed E-state index contributed by atoms with van der Waals surface area (Å²) in [7, 11) is 0. The van der Waals surface area contributed by atoms with Gasteiger partial charge in [-0.05, 0) is 295 Å². The van der Waals surface area contributed by atoms with Crippen LogP contribution in [0.15, 0.2) is 107 Å². The summed E-state index contributed by atoms with van der Waals surface area (Å²) in [6.45, 7) is 119. The van der Waals surface area contributed by atoms with Crippen molar-refractivity contribution in [1.82, 2.24) is 0 Å². The molecule has 3 aromatic carbocycles. The van der Waals surface area contributed by atoms with Gasteiger partial charge in [0.05, 0.1) is 11.9 Å². The van der Waals surface area contributed by atoms with Gasteiger partial charge in [0.25, 0.3) is 0 Å². The number of aryl methyl sites for hydroxylation is 1. The molecule has 0 unspecified atom stereocenters. The highest BCUT2D eigenvalue weighted by Gasteiger charge is 2.18. The zero-order valence-electron chi connectivity index (χ0n) is 110. The van der Waals surface area contributed by atoms with E-state index in [0.29, 0.717) is 47.0 Å². The lowest BCUT2D eigenvalue weighted by molar-refractivity contribution is -0.118. The molecule has 3 aliphatic rings. The molecule has 876 valence electrons. The van der Waals surface area contributed by atoms with E-state index in [1.54, 1.807) is 40.2 Å². The summed E-state index contributed by atoms with van der Waals surface area (Å²) in [6, 6.07) is 28.2. The highest BCUT2D eigenvalue weighted by Crippen LogP contribution is 2.32. The van der Waals surface area contributed by atoms with Gasteiger partial charge in [-0.25, -0.2) is 0 Å². The van der Waals surface area contributed by atoms with E-state index in [1.807, 2.05) is 66.4 Å². The van der Waals surface area contributed by atoms with Gasteiger partial charge >= 0.3 is 0 Å². The zero-order valence-corrected chi connectivity index (χ0v) is 110. The number of thioether (sulfide) groups is 1. The van der Waals surface area contributed by atoms with Crippen molar-refractivity contribution in [2.75, 3.05) is 18.6 Å². The maximum Gasteiger partial charge on any atom is 0.130 e. The van der Waals surface area contributed by atoms with Gasteiger partial charge in [0.15, 0.2) is 0 Å². The van der Waals surface area contributed by atoms with Crippen LogP contribution in [0, 0.1) is 143 Å². The third-order valence-corrected chi connectivity index (χ3v) is 23.9. The van der Waals surface area contributed by atoms with Gasteiger partial charge in [-0.2, -0.15) is 11.8 Å². The number of rotatable bonds is 38. The Balaban J connectivity index is -0.000000106. The number of carbonyl (C=O) groups excluding carboxylic acids is 4. The van der Waals surface area contributed by atoms with Crippen molar-refractivity contribution in [2.45, 2.75) is 568 Å². The number of amidine groups is 1. The van der Waals surface area contributed by atoms with Crippen molar-refractivity contribution < 1.29 is 24.3 Å². The second-order valence-corrected chi connectivity index (χ2v) is 51.4. The summed E-state index contributed by atoms with van der Waals surface area (Å²) in [4.78, 5) is 49.5. The van der Waals surface area contributed by atoms with Crippen molar-refractivity contribution in [1.29, 1.82) is 0 Å². The molecule has 1 heterocycles. The van der Waals surface area contributed by atoms with Crippen LogP contribution in [-0.4, -0.2) is 64.9 Å². The highest BCUT2D eigenvalue weighted by atomic mass is 32.2. The van der Waals surface area contributed by atoms with E-state index in [9.17, 15) is 19.2 Å². The number of hydrogen-bond acceptors (Lipinski definition) is 8. The van der Waals surface area contributed by atoms with Crippen molar-refractivity contribution in [2.24, 2.45) is 152 Å². The molecule has 6 rings (SSSR count). The predicted octanol–water partition coefficient (Wildman–Crippen LogP) is 44.8. The standard InChI is InChI=1S/C13H16.C11H16.C10H14.C8H18N2.C8H13N.C8H16.C8H18.2C7H14O.2C7H16.2C6H12O.C6H14S.C6H14.C5H12O.2C5H12.C4H10.CH4/c1-10(2)9-12-8-7-11-5-3-4-6-13(11)12;1-9(2)8-11-6-4-10(3)5-7-11;1-9(2)8-10-6-4-3-5-7-10;1-7(2)5-4-6-10-8(3)9;1-7(2)6-8-4-3-5-9-8;1-7(2)8-5-3-4-6-8;1-4-5-6-7-8(2)3;2*1-6(2)4-5-7(3)8;1-6(2)5-7(3)4;1-5-7(4)6(2)3;2*1-5(2)4-6(3)7;1-6(2)4-5-7-3;1-5(2)6(3)4;1-4(2)5(3)6;2*1-4-5(2)3;1-4(2)3;/h3-6,8,10H,7,9H2,1-2H3;4-7,9H,8H2,1-3H3;3-7,9H,8H2,1-2H3;7H,4-6H2,1-3H3,(H2,9,10);4-5,7H,3,6H2,1-2H3;7-8H,3-6H2,1-2H3;8H,4-7H2,1-3H3;2*6H,4-5H2,1-3H3;2*6-7H,5H2,1-4H3;2*5H,4H2,1-3H3;6H,4-5H2,1-3H3;5-6H,1-4H3;4-6H,1-3H3;2*5H,4H2,1-3H3;4H,1-3H3;1H4/t;;;;;;;;;;7-;;;;;5-;;;;/m..........0....0..../s1. The fourth-order valence-electron chi connectivity index (χ4n) is 12.3. The third kappa shape index (κ3) is 180. The first-order valence-electron chi connectivity index (χ1n) is 59.9. The molecule has 0 aromatic heterocycles. The number of carbonyl (C=O) groups is 4. The van der Waals surface area contributed by atoms with Crippen LogP contribution >= 0.6 is 11.8 Å². The Morgan fingerprint density at radius 1 is 0.401 bits per heavy atom. The molecular weight excluding hydrogens is 1810 g/mol. The lowest BCUT2D eigenvalue weighted by Crippen LogP contribution is -2.07. The van der Waals surface area contributed by atoms with Crippen LogP contribution in [0.2, 0.25) is 0 Å². The molecule has 1 fully saturated rings. The van der Waals surface area contributed by atoms with Crippen LogP contribution in [-0.2, 0) is 38.4 Å². The molecule has 0 radical (unpaired) electrons. The Bertz CT molecular complexity index is 3180. The number of unbranched alkanes of at least 4 members (excludes halogenated alkanes) is 2. The Morgan fingerprint density at radius 2 is 0.762 bits per heavy atom. The Hall–Kier alpha value is -4.73. The van der Waals surface area contributed by atoms with Crippen molar-refractivity contribution in [3.05, 3.63) is 125 Å². The number of aliphatic hydroxyl groups is 1. The second kappa shape index (κ2) is 121. The van der Waals surface area contributed by atoms with Crippen LogP contribution in [0.5, 0.6) is 0 Å². The molecule has 0 bridgehead atoms. The summed E-state index contributed by atoms with van der Waals surface area (Å²) in [6.07, 6.45) is 41.1. The van der Waals surface area contributed by atoms with E-state index in [1.165, 1.54) is 148 Å². The number of hydrogen-bond donors (Lipinski definition) is 2. The summed E-state index contributed by atoms with van der Waals surface area (Å²) < 4.78 is 0. The average Bonchev–Trinajstić information content (AvgIpc) is 1.69. The molecular formula is C138H273N3O5S. The van der Waals surface area contributed by atoms with Gasteiger partial charge in [-0.1, -0.05) is 507 Å². The molecule has 0 amide bonds. The molecule has 9 heteroatoms. The van der Waals surface area contributed by atoms with Crippen LogP contribution in [0.3, 0.4) is 0 Å². The molecule has 3 N–H and O–H groups in total. The topological polar surface area (TPSA) is 139 Å². The largest absolute Gasteiger partial charge is 0.393 e. The van der Waals surface area contributed by atoms with Crippen LogP contribution in [0.4, 0.5) is 0 Å². The number of ketones is 4. The summed E-state index contributed by atoms with van der Waals surface area (Å²) in [5, 5.41) is 8.63. The van der Waals surface area contributed by atoms with Gasteiger partial charge in [0.1, 0.15) is 23.1 Å². The van der Waals surface area contributed by atoms with Gasteiger partial charge in [0.2, 0.25) is 0 Å². The number of nitrogens with two attached hydrogens (primary N) is 1. The summed E-state index contributed by atoms with van der Waals surface area (Å²) in [5.74, 6) is 21.4. The molecule has 0 saturated heterocycles. The number of aliphatic imine (C=N–C) groups is 2. The number of benzene rings is 3. The third-order valence-electron chi connectivity index (χ3n) is 23.3. The SMILES string of the molecule is C.CC(=O)CC(C)C.CC(=O)CC(C)C.CC(=O)CCC(C)C.CC(=O)CCC(C)C.CC(C)C.CC(C)C(C)C.CC(C)C1CCCC1.CC(C)CC(C)C.CC(C)CC1=CCC=N1.CC(C)CC1=CCc2ccccc21.CC(C)Cc1ccccc1.CC(C)[C@H](C)O.CC(N)=NCCCC(C)C.CCC(C)C.CCC(C)C.CCCCCC(C)C.CC[C@H](C)C(C)C.CSCCC(C)C.Cc1ccc(CC(C)C)cc1. The molecule has 1 saturated carbocycles. The minimum atomic E-state index is -0.148. The number of Topliss-reactive ketones (excluding diaryl/α,β-unsaturated/α-hetero) is 4. The van der Waals surface area contributed by atoms with Crippen molar-refractivity contribution in [3.63, 3.8) is 0 Å². The van der Waals surface area contributed by atoms with Gasteiger partial charge < -0.3 is 30.0 Å². The van der Waals surface area contributed by atoms with Crippen LogP contribution in [0.1, 0.15) is 563 Å². The smallest absolute Gasteiger partial charge is 0.130 e. The quantitative estimate of drug-likeness (QED) is 0.0331. The minimum absolute atomic E-state index is 0. The lowest BCUT2D eigenvalue weighted by atomic mass is 9.95. The van der Waals surface area contributed by atoms with Crippen molar-refractivity contribution >= 4 is 52.5 Å². The van der Waals surface area contributed by atoms with Crippen molar-refractivity contribution in [3.8, 4) is 0 Å². The van der Waals surface area contributed by atoms with Gasteiger partial charge in [0, 0.05) is 50.6 Å². The van der Waals surface area contributed by atoms with Crippen LogP contribution in [0.25, 0.3) is 5.57 Å². The van der Waals surface area contributed by atoms with E-state index < -0.39 is 0 Å². The van der Waals surface area contributed by atoms with E-state index in [4.69, 9.17) is 10.8 Å². The molecule has 2 aliphatic carbocycles. The molecule has 0 spiro atoms. The fourth-order valence-corrected chi connectivity index (χ4v) is 13.0. The monoisotopic (exact) mass is 2090 g/mol. The molecule has 1 aliphatic heterocycles. The number of nitrogens with zero attached hydrogens (tertiary/aromatic N) is 2. The molecule has 147 heavy (non-hydrogen) atoms. The Labute approximate surface area is 933 Å². The fraction of sp³-hybridized carbons (Fsp3) is 0.797. The van der Waals surface area contributed by atoms with Gasteiger partial charge in [-0.3, -0.25) is 9.98 Å². The predicted molar refractivity (Wildman–Crippen MR) is 685 cm³/mol. The van der Waals surface area contributed by atoms with Gasteiger partial charge in [-0.15, -0.1) is 0 Å². The first-order chi connectivity index (χ1) is 67.4. The molecule has 8 nitrogen and oxygen atoms in total. The molecule has 3 aromatic rings. The number of aliphatic hydroxyl groups excluding tert-OH is 1. The normalized spacial score (nSPS) is 12.2. The Kier molecular flexibility index (Phi) is 143. The molecule has 2 atom stereocenters. The summed E-state index contributed by atoms with van der Waals surface area (Å²) in [5.41, 5.74) is 15.4. The first kappa shape index (κ1) is 173. The van der Waals surface area contributed by atoms with E-state index in [-0.39, 0.29) is 25.1 Å². The maximum atomic E-state index is 10.3. The minimum Gasteiger partial charge on any atom is -0.393 e. The number of fused-ring (bicyclic) bond motifs is 1. The second-order valence-electron chi connectivity index (χ2n) is 50.4. The number of allylic oxidation sites excluding steroid dienone is 4. The van der Waals surface area contributed by atoms with E-state index in [2.05, 4.69) is 405 Å². The van der Waals surface area contributed by atoms with E-state index >= 15 is 0 Å². The highest BCUT2D eigenvalue weighted by molar-refractivity contribution is 7.98. The first-order valence-corrected chi connectivity index (χ1v) is 61.3. The zero-order chi connectivity index (χ0) is 117. The lowest BCUT2D eigenvalue weighted by Gasteiger charge is -2.11. The van der Waals surface area contributed by atoms with E-state index in [0.717, 1.165) is 177 Å². The Morgan fingerprint density at radius 3 is 0.993 bits per heavy atom. The maximum absolute atomic E-state index is 10.3.